The van der Waals surface area contributed by atoms with Crippen LogP contribution in [0.3, 0.4) is 0 Å². The number of anilines is 1. The second-order valence-corrected chi connectivity index (χ2v) is 2.49. The normalized spacial score (nSPS) is 10.6. The van der Waals surface area contributed by atoms with Crippen LogP contribution in [0.5, 0.6) is 0 Å². The molecular formula is C6H5ClN4. The molecule has 5 heteroatoms. The van der Waals surface area contributed by atoms with Gasteiger partial charge in [0.1, 0.15) is 11.0 Å². The first kappa shape index (κ1) is 6.42. The number of aromatic nitrogens is 3. The Labute approximate surface area is 67.4 Å². The second kappa shape index (κ2) is 2.10. The number of rotatable bonds is 0. The minimum absolute atomic E-state index is 0.395. The first-order valence-electron chi connectivity index (χ1n) is 3.02. The highest BCUT2D eigenvalue weighted by Gasteiger charge is 2.04. The Morgan fingerprint density at radius 2 is 2.27 bits per heavy atom. The Balaban J connectivity index is 2.96. The van der Waals surface area contributed by atoms with Crippen molar-refractivity contribution in [3.63, 3.8) is 0 Å². The first-order chi connectivity index (χ1) is 5.29. The SMILES string of the molecule is Nc1cnc(Cl)c2[nH]cnc12. The van der Waals surface area contributed by atoms with Crippen LogP contribution in [0.15, 0.2) is 12.5 Å². The van der Waals surface area contributed by atoms with Crippen LogP contribution in [0.25, 0.3) is 11.0 Å². The minimum Gasteiger partial charge on any atom is -0.396 e. The molecule has 0 atom stereocenters. The number of pyridine rings is 1. The summed E-state index contributed by atoms with van der Waals surface area (Å²) in [5, 5.41) is 0.395. The number of fused-ring (bicyclic) bond motifs is 1. The van der Waals surface area contributed by atoms with Crippen molar-refractivity contribution in [1.82, 2.24) is 15.0 Å². The molecule has 0 amide bonds. The van der Waals surface area contributed by atoms with E-state index in [1.807, 2.05) is 0 Å². The molecule has 0 aromatic carbocycles. The molecule has 0 bridgehead atoms. The maximum Gasteiger partial charge on any atom is 0.154 e. The topological polar surface area (TPSA) is 67.6 Å². The molecule has 0 aliphatic heterocycles. The highest BCUT2D eigenvalue weighted by molar-refractivity contribution is 6.33. The van der Waals surface area contributed by atoms with Crippen molar-refractivity contribution in [3.05, 3.63) is 17.7 Å². The third-order valence-electron chi connectivity index (χ3n) is 1.44. The van der Waals surface area contributed by atoms with Gasteiger partial charge in [0.05, 0.1) is 18.2 Å². The largest absolute Gasteiger partial charge is 0.396 e. The number of nitrogens with zero attached hydrogens (tertiary/aromatic N) is 2. The molecule has 0 saturated carbocycles. The van der Waals surface area contributed by atoms with Gasteiger partial charge < -0.3 is 10.7 Å². The maximum absolute atomic E-state index is 5.73. The molecule has 11 heavy (non-hydrogen) atoms. The predicted molar refractivity (Wildman–Crippen MR) is 43.3 cm³/mol. The van der Waals surface area contributed by atoms with Crippen LogP contribution in [-0.4, -0.2) is 15.0 Å². The lowest BCUT2D eigenvalue weighted by Crippen LogP contribution is -1.88. The van der Waals surface area contributed by atoms with Gasteiger partial charge in [-0.05, 0) is 0 Å². The number of aromatic amines is 1. The number of hydrogen-bond acceptors (Lipinski definition) is 3. The van der Waals surface area contributed by atoms with E-state index < -0.39 is 0 Å². The quantitative estimate of drug-likeness (QED) is 0.581. The Morgan fingerprint density at radius 1 is 1.45 bits per heavy atom. The molecule has 0 aliphatic carbocycles. The fourth-order valence-corrected chi connectivity index (χ4v) is 1.12. The molecule has 0 aliphatic rings. The lowest BCUT2D eigenvalue weighted by Gasteiger charge is -1.94. The van der Waals surface area contributed by atoms with E-state index in [-0.39, 0.29) is 0 Å². The van der Waals surface area contributed by atoms with Gasteiger partial charge in [0, 0.05) is 0 Å². The van der Waals surface area contributed by atoms with E-state index >= 15 is 0 Å². The van der Waals surface area contributed by atoms with E-state index in [2.05, 4.69) is 15.0 Å². The lowest BCUT2D eigenvalue weighted by molar-refractivity contribution is 1.33. The van der Waals surface area contributed by atoms with Gasteiger partial charge in [0.2, 0.25) is 0 Å². The van der Waals surface area contributed by atoms with Gasteiger partial charge in [-0.1, -0.05) is 11.6 Å². The molecule has 0 spiro atoms. The molecule has 2 aromatic rings. The number of nitrogens with two attached hydrogens (primary N) is 1. The van der Waals surface area contributed by atoms with E-state index in [0.717, 1.165) is 0 Å². The van der Waals surface area contributed by atoms with E-state index in [1.165, 1.54) is 12.5 Å². The summed E-state index contributed by atoms with van der Waals surface area (Å²) in [6, 6.07) is 0. The van der Waals surface area contributed by atoms with Gasteiger partial charge in [-0.15, -0.1) is 0 Å². The summed E-state index contributed by atoms with van der Waals surface area (Å²) in [5.41, 5.74) is 7.46. The zero-order chi connectivity index (χ0) is 7.84. The van der Waals surface area contributed by atoms with E-state index in [9.17, 15) is 0 Å². The molecule has 2 aromatic heterocycles. The molecule has 4 nitrogen and oxygen atoms in total. The van der Waals surface area contributed by atoms with Crippen LogP contribution in [-0.2, 0) is 0 Å². The molecule has 56 valence electrons. The monoisotopic (exact) mass is 168 g/mol. The third kappa shape index (κ3) is 0.832. The zero-order valence-electron chi connectivity index (χ0n) is 5.50. The standard InChI is InChI=1S/C6H5ClN4/c7-6-5-4(10-2-11-5)3(8)1-9-6/h1-2H,8H2,(H,10,11). The van der Waals surface area contributed by atoms with Gasteiger partial charge in [0.25, 0.3) is 0 Å². The molecule has 0 fully saturated rings. The first-order valence-corrected chi connectivity index (χ1v) is 3.40. The van der Waals surface area contributed by atoms with Crippen LogP contribution in [0.2, 0.25) is 5.15 Å². The smallest absolute Gasteiger partial charge is 0.154 e. The number of imidazole rings is 1. The molecule has 3 N–H and O–H groups in total. The van der Waals surface area contributed by atoms with Gasteiger partial charge in [-0.2, -0.15) is 0 Å². The summed E-state index contributed by atoms with van der Waals surface area (Å²) in [7, 11) is 0. The summed E-state index contributed by atoms with van der Waals surface area (Å²) < 4.78 is 0. The van der Waals surface area contributed by atoms with E-state index in [4.69, 9.17) is 17.3 Å². The highest BCUT2D eigenvalue weighted by Crippen LogP contribution is 2.21. The van der Waals surface area contributed by atoms with Crippen molar-refractivity contribution in [2.75, 3.05) is 5.73 Å². The third-order valence-corrected chi connectivity index (χ3v) is 1.72. The summed E-state index contributed by atoms with van der Waals surface area (Å²) in [6.07, 6.45) is 3.03. The number of nitrogens with one attached hydrogen (secondary N) is 1. The number of halogens is 1. The summed E-state index contributed by atoms with van der Waals surface area (Å²) >= 11 is 5.73. The minimum atomic E-state index is 0.395. The molecule has 0 saturated heterocycles. The zero-order valence-corrected chi connectivity index (χ0v) is 6.26. The van der Waals surface area contributed by atoms with Crippen molar-refractivity contribution >= 4 is 28.3 Å². The Bertz CT molecular complexity index is 358. The summed E-state index contributed by atoms with van der Waals surface area (Å²) in [4.78, 5) is 10.7. The van der Waals surface area contributed by atoms with Crippen molar-refractivity contribution in [2.24, 2.45) is 0 Å². The molecule has 0 radical (unpaired) electrons. The Morgan fingerprint density at radius 3 is 3.00 bits per heavy atom. The fourth-order valence-electron chi connectivity index (χ4n) is 0.922. The second-order valence-electron chi connectivity index (χ2n) is 2.13. The Kier molecular flexibility index (Phi) is 1.22. The summed E-state index contributed by atoms with van der Waals surface area (Å²) in [5.74, 6) is 0. The Hall–Kier alpha value is -1.29. The lowest BCUT2D eigenvalue weighted by atomic mass is 10.4. The molecular weight excluding hydrogens is 164 g/mol. The molecule has 2 rings (SSSR count). The maximum atomic E-state index is 5.73. The van der Waals surface area contributed by atoms with Crippen LogP contribution in [0.1, 0.15) is 0 Å². The van der Waals surface area contributed by atoms with Gasteiger partial charge in [-0.25, -0.2) is 9.97 Å². The average molecular weight is 169 g/mol. The van der Waals surface area contributed by atoms with Gasteiger partial charge in [-0.3, -0.25) is 0 Å². The van der Waals surface area contributed by atoms with E-state index in [1.54, 1.807) is 0 Å². The number of nitrogen functional groups attached to an aromatic ring is 1. The molecule has 0 unspecified atom stereocenters. The van der Waals surface area contributed by atoms with Crippen molar-refractivity contribution in [1.29, 1.82) is 0 Å². The van der Waals surface area contributed by atoms with Crippen molar-refractivity contribution in [3.8, 4) is 0 Å². The predicted octanol–water partition coefficient (Wildman–Crippen LogP) is 1.19. The fraction of sp³-hybridized carbons (Fsp3) is 0. The van der Waals surface area contributed by atoms with E-state index in [0.29, 0.717) is 21.9 Å². The van der Waals surface area contributed by atoms with Crippen LogP contribution < -0.4 is 5.73 Å². The van der Waals surface area contributed by atoms with Gasteiger partial charge in [0.15, 0.2) is 5.15 Å². The highest BCUT2D eigenvalue weighted by atomic mass is 35.5. The van der Waals surface area contributed by atoms with Crippen molar-refractivity contribution < 1.29 is 0 Å². The molecule has 2 heterocycles. The summed E-state index contributed by atoms with van der Waals surface area (Å²) in [6.45, 7) is 0. The van der Waals surface area contributed by atoms with Crippen molar-refractivity contribution in [2.45, 2.75) is 0 Å². The average Bonchev–Trinajstić information content (AvgIpc) is 2.45. The number of H-pyrrole nitrogens is 1. The van der Waals surface area contributed by atoms with Crippen LogP contribution >= 0.6 is 11.6 Å². The van der Waals surface area contributed by atoms with Crippen LogP contribution in [0, 0.1) is 0 Å². The number of hydrogen-bond donors (Lipinski definition) is 2. The van der Waals surface area contributed by atoms with Crippen LogP contribution in [0.4, 0.5) is 5.69 Å². The van der Waals surface area contributed by atoms with Gasteiger partial charge >= 0.3 is 0 Å².